The number of nitrogens with zero attached hydrogens (tertiary/aromatic N) is 3. The third kappa shape index (κ3) is 2.80. The Morgan fingerprint density at radius 3 is 2.39 bits per heavy atom. The van der Waals surface area contributed by atoms with Gasteiger partial charge in [-0.3, -0.25) is 4.68 Å². The molecule has 0 amide bonds. The van der Waals surface area contributed by atoms with Crippen molar-refractivity contribution in [2.24, 2.45) is 0 Å². The summed E-state index contributed by atoms with van der Waals surface area (Å²) >= 11 is 0. The monoisotopic (exact) mass is 303 g/mol. The molecule has 0 radical (unpaired) electrons. The Morgan fingerprint density at radius 2 is 1.65 bits per heavy atom. The van der Waals surface area contributed by atoms with Crippen LogP contribution in [0.2, 0.25) is 0 Å². The summed E-state index contributed by atoms with van der Waals surface area (Å²) in [6, 6.07) is 21.1. The normalized spacial score (nSPS) is 14.7. The second kappa shape index (κ2) is 6.01. The summed E-state index contributed by atoms with van der Waals surface area (Å²) in [7, 11) is 2.19. The molecule has 2 aromatic carbocycles. The Morgan fingerprint density at radius 1 is 0.957 bits per heavy atom. The van der Waals surface area contributed by atoms with Gasteiger partial charge in [-0.05, 0) is 12.6 Å². The van der Waals surface area contributed by atoms with Crippen LogP contribution in [-0.4, -0.2) is 28.3 Å². The van der Waals surface area contributed by atoms with Crippen LogP contribution in [0.1, 0.15) is 16.8 Å². The Kier molecular flexibility index (Phi) is 3.72. The number of likely N-dealkylation sites (N-methyl/N-ethyl adjacent to an activating group) is 1. The van der Waals surface area contributed by atoms with Crippen molar-refractivity contribution in [3.05, 3.63) is 77.5 Å². The van der Waals surface area contributed by atoms with Crippen molar-refractivity contribution in [1.82, 2.24) is 14.7 Å². The zero-order valence-electron chi connectivity index (χ0n) is 13.4. The predicted molar refractivity (Wildman–Crippen MR) is 93.2 cm³/mol. The second-order valence-corrected chi connectivity index (χ2v) is 6.27. The summed E-state index contributed by atoms with van der Waals surface area (Å²) in [5.41, 5.74) is 6.44. The summed E-state index contributed by atoms with van der Waals surface area (Å²) in [6.07, 6.45) is 1.07. The molecular formula is C20H21N3. The number of fused-ring (bicyclic) bond motifs is 1. The average Bonchev–Trinajstić information content (AvgIpc) is 2.94. The molecule has 0 fully saturated rings. The SMILES string of the molecule is CN1CCc2c(c(-c3ccccc3)nn2Cc2ccccc2)C1. The summed E-state index contributed by atoms with van der Waals surface area (Å²) < 4.78 is 2.21. The minimum Gasteiger partial charge on any atom is -0.302 e. The van der Waals surface area contributed by atoms with E-state index in [9.17, 15) is 0 Å². The van der Waals surface area contributed by atoms with Crippen LogP contribution in [0.25, 0.3) is 11.3 Å². The van der Waals surface area contributed by atoms with E-state index in [1.807, 2.05) is 0 Å². The summed E-state index contributed by atoms with van der Waals surface area (Å²) in [5.74, 6) is 0. The summed E-state index contributed by atoms with van der Waals surface area (Å²) in [5, 5.41) is 4.98. The highest BCUT2D eigenvalue weighted by molar-refractivity contribution is 5.64. The number of aromatic nitrogens is 2. The van der Waals surface area contributed by atoms with E-state index in [-0.39, 0.29) is 0 Å². The highest BCUT2D eigenvalue weighted by Gasteiger charge is 2.23. The van der Waals surface area contributed by atoms with Crippen molar-refractivity contribution < 1.29 is 0 Å². The first-order chi connectivity index (χ1) is 11.3. The van der Waals surface area contributed by atoms with Crippen molar-refractivity contribution in [1.29, 1.82) is 0 Å². The van der Waals surface area contributed by atoms with Crippen LogP contribution in [0.15, 0.2) is 60.7 Å². The lowest BCUT2D eigenvalue weighted by Gasteiger charge is -2.23. The van der Waals surface area contributed by atoms with Gasteiger partial charge in [0.25, 0.3) is 0 Å². The molecule has 1 aromatic heterocycles. The van der Waals surface area contributed by atoms with Crippen LogP contribution in [0.5, 0.6) is 0 Å². The smallest absolute Gasteiger partial charge is 0.0971 e. The molecule has 0 spiro atoms. The topological polar surface area (TPSA) is 21.1 Å². The molecule has 3 aromatic rings. The van der Waals surface area contributed by atoms with E-state index in [1.165, 1.54) is 22.4 Å². The quantitative estimate of drug-likeness (QED) is 0.737. The number of hydrogen-bond donors (Lipinski definition) is 0. The van der Waals surface area contributed by atoms with E-state index in [0.717, 1.165) is 31.7 Å². The maximum absolute atomic E-state index is 4.98. The fraction of sp³-hybridized carbons (Fsp3) is 0.250. The molecule has 0 atom stereocenters. The summed E-state index contributed by atoms with van der Waals surface area (Å²) in [6.45, 7) is 2.93. The molecule has 116 valence electrons. The van der Waals surface area contributed by atoms with Gasteiger partial charge in [0.1, 0.15) is 0 Å². The van der Waals surface area contributed by atoms with Gasteiger partial charge in [0, 0.05) is 36.3 Å². The molecule has 0 unspecified atom stereocenters. The molecule has 0 bridgehead atoms. The van der Waals surface area contributed by atoms with Gasteiger partial charge in [-0.1, -0.05) is 60.7 Å². The van der Waals surface area contributed by atoms with Gasteiger partial charge in [0.2, 0.25) is 0 Å². The van der Waals surface area contributed by atoms with Crippen LogP contribution in [0.3, 0.4) is 0 Å². The van der Waals surface area contributed by atoms with E-state index in [4.69, 9.17) is 5.10 Å². The largest absolute Gasteiger partial charge is 0.302 e. The zero-order valence-corrected chi connectivity index (χ0v) is 13.4. The van der Waals surface area contributed by atoms with Crippen LogP contribution >= 0.6 is 0 Å². The average molecular weight is 303 g/mol. The Hall–Kier alpha value is -2.39. The van der Waals surface area contributed by atoms with Crippen molar-refractivity contribution >= 4 is 0 Å². The van der Waals surface area contributed by atoms with Crippen molar-refractivity contribution in [2.75, 3.05) is 13.6 Å². The van der Waals surface area contributed by atoms with E-state index in [2.05, 4.69) is 77.3 Å². The molecule has 0 saturated heterocycles. The van der Waals surface area contributed by atoms with Crippen LogP contribution in [0, 0.1) is 0 Å². The molecule has 0 N–H and O–H groups in total. The standard InChI is InChI=1S/C20H21N3/c1-22-13-12-19-18(15-22)20(17-10-6-3-7-11-17)21-23(19)14-16-8-4-2-5-9-16/h2-11H,12-15H2,1H3. The Bertz CT molecular complexity index is 791. The van der Waals surface area contributed by atoms with Gasteiger partial charge in [-0.2, -0.15) is 5.10 Å². The Labute approximate surface area is 137 Å². The summed E-state index contributed by atoms with van der Waals surface area (Å²) in [4.78, 5) is 2.38. The Balaban J connectivity index is 1.78. The number of rotatable bonds is 3. The van der Waals surface area contributed by atoms with Crippen LogP contribution in [-0.2, 0) is 19.5 Å². The van der Waals surface area contributed by atoms with Gasteiger partial charge in [-0.15, -0.1) is 0 Å². The van der Waals surface area contributed by atoms with Crippen LogP contribution in [0.4, 0.5) is 0 Å². The highest BCUT2D eigenvalue weighted by Crippen LogP contribution is 2.29. The molecule has 0 aliphatic carbocycles. The van der Waals surface area contributed by atoms with Gasteiger partial charge < -0.3 is 4.90 Å². The molecule has 23 heavy (non-hydrogen) atoms. The first kappa shape index (κ1) is 14.2. The second-order valence-electron chi connectivity index (χ2n) is 6.27. The molecule has 3 nitrogen and oxygen atoms in total. The van der Waals surface area contributed by atoms with Gasteiger partial charge in [0.15, 0.2) is 0 Å². The minimum absolute atomic E-state index is 0.847. The molecule has 0 saturated carbocycles. The maximum Gasteiger partial charge on any atom is 0.0971 e. The van der Waals surface area contributed by atoms with Gasteiger partial charge in [0.05, 0.1) is 12.2 Å². The van der Waals surface area contributed by atoms with Crippen molar-refractivity contribution in [2.45, 2.75) is 19.5 Å². The lowest BCUT2D eigenvalue weighted by molar-refractivity contribution is 0.308. The fourth-order valence-electron chi connectivity index (χ4n) is 3.34. The zero-order chi connectivity index (χ0) is 15.6. The molecule has 4 rings (SSSR count). The van der Waals surface area contributed by atoms with Crippen LogP contribution < -0.4 is 0 Å². The van der Waals surface area contributed by atoms with Crippen molar-refractivity contribution in [3.63, 3.8) is 0 Å². The third-order valence-electron chi connectivity index (χ3n) is 4.55. The molecule has 1 aliphatic heterocycles. The van der Waals surface area contributed by atoms with E-state index in [0.29, 0.717) is 0 Å². The van der Waals surface area contributed by atoms with Gasteiger partial charge >= 0.3 is 0 Å². The fourth-order valence-corrected chi connectivity index (χ4v) is 3.34. The molecular weight excluding hydrogens is 282 g/mol. The lowest BCUT2D eigenvalue weighted by atomic mass is 10.0. The third-order valence-corrected chi connectivity index (χ3v) is 4.55. The number of benzene rings is 2. The van der Waals surface area contributed by atoms with E-state index >= 15 is 0 Å². The maximum atomic E-state index is 4.98. The van der Waals surface area contributed by atoms with Crippen molar-refractivity contribution in [3.8, 4) is 11.3 Å². The van der Waals surface area contributed by atoms with E-state index < -0.39 is 0 Å². The lowest BCUT2D eigenvalue weighted by Crippen LogP contribution is -2.27. The highest BCUT2D eigenvalue weighted by atomic mass is 15.3. The molecule has 1 aliphatic rings. The number of hydrogen-bond acceptors (Lipinski definition) is 2. The first-order valence-electron chi connectivity index (χ1n) is 8.18. The minimum atomic E-state index is 0.847. The van der Waals surface area contributed by atoms with Gasteiger partial charge in [-0.25, -0.2) is 0 Å². The molecule has 3 heteroatoms. The first-order valence-corrected chi connectivity index (χ1v) is 8.18. The predicted octanol–water partition coefficient (Wildman–Crippen LogP) is 3.59. The molecule has 2 heterocycles. The van der Waals surface area contributed by atoms with E-state index in [1.54, 1.807) is 0 Å².